The molecule has 0 spiro atoms. The second-order valence-corrected chi connectivity index (χ2v) is 5.79. The predicted octanol–water partition coefficient (Wildman–Crippen LogP) is 4.08. The van der Waals surface area contributed by atoms with E-state index in [1.807, 2.05) is 19.1 Å². The van der Waals surface area contributed by atoms with Gasteiger partial charge in [-0.2, -0.15) is 0 Å². The normalized spacial score (nSPS) is 14.0. The van der Waals surface area contributed by atoms with Gasteiger partial charge in [0.1, 0.15) is 0 Å². The van der Waals surface area contributed by atoms with Gasteiger partial charge < -0.3 is 5.73 Å². The lowest BCUT2D eigenvalue weighted by atomic mass is 9.86. The van der Waals surface area contributed by atoms with Gasteiger partial charge in [0.15, 0.2) is 0 Å². The molecule has 1 nitrogen and oxygen atoms in total. The van der Waals surface area contributed by atoms with E-state index in [1.54, 1.807) is 0 Å². The standard InChI is InChI=1S/C13H20ClN/c1-9-5-6-10(7-11(9)14)12(15)8-13(2,3)4/h5-7,12H,8,15H2,1-4H3. The maximum atomic E-state index is 6.14. The number of nitrogens with two attached hydrogens (primary N) is 1. The van der Waals surface area contributed by atoms with E-state index < -0.39 is 0 Å². The Hall–Kier alpha value is -0.530. The molecule has 1 aromatic rings. The fraction of sp³-hybridized carbons (Fsp3) is 0.538. The van der Waals surface area contributed by atoms with Gasteiger partial charge in [0.2, 0.25) is 0 Å². The Bertz CT molecular complexity index is 339. The summed E-state index contributed by atoms with van der Waals surface area (Å²) >= 11 is 6.07. The first kappa shape index (κ1) is 12.5. The van der Waals surface area contributed by atoms with Gasteiger partial charge in [0, 0.05) is 11.1 Å². The Kier molecular flexibility index (Phi) is 3.80. The third-order valence-electron chi connectivity index (χ3n) is 2.46. The molecule has 1 rings (SSSR count). The van der Waals surface area contributed by atoms with E-state index in [0.717, 1.165) is 22.6 Å². The van der Waals surface area contributed by atoms with Crippen LogP contribution in [0.5, 0.6) is 0 Å². The third-order valence-corrected chi connectivity index (χ3v) is 2.86. The smallest absolute Gasteiger partial charge is 0.0438 e. The molecular formula is C13H20ClN. The van der Waals surface area contributed by atoms with Crippen molar-refractivity contribution in [2.75, 3.05) is 0 Å². The zero-order valence-corrected chi connectivity index (χ0v) is 10.7. The largest absolute Gasteiger partial charge is 0.324 e. The Morgan fingerprint density at radius 2 is 1.93 bits per heavy atom. The average molecular weight is 226 g/mol. The maximum Gasteiger partial charge on any atom is 0.0438 e. The minimum Gasteiger partial charge on any atom is -0.324 e. The molecule has 0 amide bonds. The minimum atomic E-state index is 0.0723. The minimum absolute atomic E-state index is 0.0723. The first-order chi connectivity index (χ1) is 6.79. The van der Waals surface area contributed by atoms with E-state index in [-0.39, 0.29) is 11.5 Å². The molecule has 15 heavy (non-hydrogen) atoms. The second-order valence-electron chi connectivity index (χ2n) is 5.38. The molecule has 0 saturated carbocycles. The predicted molar refractivity (Wildman–Crippen MR) is 67.2 cm³/mol. The summed E-state index contributed by atoms with van der Waals surface area (Å²) in [7, 11) is 0. The van der Waals surface area contributed by atoms with Crippen LogP contribution in [-0.4, -0.2) is 0 Å². The van der Waals surface area contributed by atoms with Gasteiger partial charge in [-0.3, -0.25) is 0 Å². The highest BCUT2D eigenvalue weighted by Gasteiger charge is 2.17. The molecule has 1 aromatic carbocycles. The van der Waals surface area contributed by atoms with Crippen LogP contribution in [-0.2, 0) is 0 Å². The topological polar surface area (TPSA) is 26.0 Å². The SMILES string of the molecule is Cc1ccc(C(N)CC(C)(C)C)cc1Cl. The monoisotopic (exact) mass is 225 g/mol. The van der Waals surface area contributed by atoms with Crippen LogP contribution >= 0.6 is 11.6 Å². The summed E-state index contributed by atoms with van der Waals surface area (Å²) in [6.07, 6.45) is 0.965. The Labute approximate surface area is 97.6 Å². The van der Waals surface area contributed by atoms with Crippen LogP contribution in [0, 0.1) is 12.3 Å². The third kappa shape index (κ3) is 3.84. The van der Waals surface area contributed by atoms with Crippen molar-refractivity contribution in [3.8, 4) is 0 Å². The summed E-state index contributed by atoms with van der Waals surface area (Å²) in [5.41, 5.74) is 8.61. The highest BCUT2D eigenvalue weighted by molar-refractivity contribution is 6.31. The van der Waals surface area contributed by atoms with Gasteiger partial charge in [-0.1, -0.05) is 44.5 Å². The van der Waals surface area contributed by atoms with E-state index >= 15 is 0 Å². The van der Waals surface area contributed by atoms with Crippen LogP contribution in [0.4, 0.5) is 0 Å². The lowest BCUT2D eigenvalue weighted by Crippen LogP contribution is -2.18. The Morgan fingerprint density at radius 3 is 2.40 bits per heavy atom. The van der Waals surface area contributed by atoms with Crippen LogP contribution in [0.15, 0.2) is 18.2 Å². The Balaban J connectivity index is 2.83. The summed E-state index contributed by atoms with van der Waals surface area (Å²) in [6, 6.07) is 6.15. The maximum absolute atomic E-state index is 6.14. The first-order valence-electron chi connectivity index (χ1n) is 5.31. The number of aryl methyl sites for hydroxylation is 1. The van der Waals surface area contributed by atoms with Crippen molar-refractivity contribution in [1.82, 2.24) is 0 Å². The van der Waals surface area contributed by atoms with E-state index in [4.69, 9.17) is 17.3 Å². The highest BCUT2D eigenvalue weighted by atomic mass is 35.5. The molecule has 0 aliphatic rings. The second kappa shape index (κ2) is 4.54. The quantitative estimate of drug-likeness (QED) is 0.807. The number of hydrogen-bond acceptors (Lipinski definition) is 1. The van der Waals surface area contributed by atoms with Gasteiger partial charge in [0.05, 0.1) is 0 Å². The Morgan fingerprint density at radius 1 is 1.33 bits per heavy atom. The first-order valence-corrected chi connectivity index (χ1v) is 5.69. The van der Waals surface area contributed by atoms with Crippen LogP contribution in [0.1, 0.15) is 44.4 Å². The molecule has 0 aliphatic heterocycles. The zero-order valence-electron chi connectivity index (χ0n) is 9.97. The van der Waals surface area contributed by atoms with Crippen molar-refractivity contribution >= 4 is 11.6 Å². The fourth-order valence-corrected chi connectivity index (χ4v) is 1.81. The van der Waals surface area contributed by atoms with Crippen LogP contribution in [0.2, 0.25) is 5.02 Å². The van der Waals surface area contributed by atoms with Crippen LogP contribution < -0.4 is 5.73 Å². The number of benzene rings is 1. The van der Waals surface area contributed by atoms with Crippen molar-refractivity contribution in [2.45, 2.75) is 40.2 Å². The number of halogens is 1. The molecule has 0 aliphatic carbocycles. The molecule has 0 heterocycles. The molecule has 1 atom stereocenters. The van der Waals surface area contributed by atoms with Gasteiger partial charge >= 0.3 is 0 Å². The number of hydrogen-bond donors (Lipinski definition) is 1. The van der Waals surface area contributed by atoms with Gasteiger partial charge in [-0.15, -0.1) is 0 Å². The summed E-state index contributed by atoms with van der Waals surface area (Å²) < 4.78 is 0. The molecule has 0 bridgehead atoms. The fourth-order valence-electron chi connectivity index (χ4n) is 1.62. The molecule has 1 unspecified atom stereocenters. The molecular weight excluding hydrogens is 206 g/mol. The average Bonchev–Trinajstić information content (AvgIpc) is 2.06. The molecule has 2 heteroatoms. The van der Waals surface area contributed by atoms with Gasteiger partial charge in [-0.05, 0) is 36.0 Å². The van der Waals surface area contributed by atoms with E-state index in [0.29, 0.717) is 0 Å². The molecule has 0 aromatic heterocycles. The van der Waals surface area contributed by atoms with Crippen LogP contribution in [0.25, 0.3) is 0 Å². The van der Waals surface area contributed by atoms with E-state index in [9.17, 15) is 0 Å². The van der Waals surface area contributed by atoms with E-state index in [2.05, 4.69) is 26.8 Å². The van der Waals surface area contributed by atoms with Crippen molar-refractivity contribution in [3.05, 3.63) is 34.3 Å². The summed E-state index contributed by atoms with van der Waals surface area (Å²) in [4.78, 5) is 0. The van der Waals surface area contributed by atoms with Crippen molar-refractivity contribution < 1.29 is 0 Å². The summed E-state index contributed by atoms with van der Waals surface area (Å²) in [5, 5.41) is 0.803. The molecule has 2 N–H and O–H groups in total. The van der Waals surface area contributed by atoms with Crippen LogP contribution in [0.3, 0.4) is 0 Å². The lowest BCUT2D eigenvalue weighted by molar-refractivity contribution is 0.343. The van der Waals surface area contributed by atoms with Gasteiger partial charge in [0.25, 0.3) is 0 Å². The van der Waals surface area contributed by atoms with E-state index in [1.165, 1.54) is 0 Å². The van der Waals surface area contributed by atoms with Gasteiger partial charge in [-0.25, -0.2) is 0 Å². The zero-order chi connectivity index (χ0) is 11.6. The molecule has 0 radical (unpaired) electrons. The van der Waals surface area contributed by atoms with Crippen molar-refractivity contribution in [2.24, 2.45) is 11.1 Å². The highest BCUT2D eigenvalue weighted by Crippen LogP contribution is 2.29. The van der Waals surface area contributed by atoms with Crippen molar-refractivity contribution in [3.63, 3.8) is 0 Å². The number of rotatable bonds is 2. The lowest BCUT2D eigenvalue weighted by Gasteiger charge is -2.23. The molecule has 0 saturated heterocycles. The summed E-state index contributed by atoms with van der Waals surface area (Å²) in [6.45, 7) is 8.59. The van der Waals surface area contributed by atoms with Crippen molar-refractivity contribution in [1.29, 1.82) is 0 Å². The molecule has 0 fully saturated rings. The summed E-state index contributed by atoms with van der Waals surface area (Å²) in [5.74, 6) is 0. The molecule has 84 valence electrons.